The molecule has 1 spiro atoms. The van der Waals surface area contributed by atoms with Gasteiger partial charge in [0.05, 0.1) is 5.69 Å². The van der Waals surface area contributed by atoms with Crippen LogP contribution < -0.4 is 0 Å². The number of rotatable bonds is 5. The molecule has 0 amide bonds. The fourth-order valence-corrected chi connectivity index (χ4v) is 6.65. The molecule has 4 nitrogen and oxygen atoms in total. The summed E-state index contributed by atoms with van der Waals surface area (Å²) < 4.78 is 2.26. The average molecular weight is 425 g/mol. The lowest BCUT2D eigenvalue weighted by atomic mass is 9.68. The summed E-state index contributed by atoms with van der Waals surface area (Å²) in [6.07, 6.45) is 6.15. The summed E-state index contributed by atoms with van der Waals surface area (Å²) in [6.45, 7) is 6.69. The van der Waals surface area contributed by atoms with Gasteiger partial charge in [0.2, 0.25) is 0 Å². The number of fused-ring (bicyclic) bond motifs is 6. The first kappa shape index (κ1) is 19.4. The van der Waals surface area contributed by atoms with Gasteiger partial charge in [0.25, 0.3) is 0 Å². The molecule has 29 heavy (non-hydrogen) atoms. The van der Waals surface area contributed by atoms with Crippen LogP contribution in [0, 0.1) is 5.92 Å². The maximum atomic E-state index is 5.28. The molecule has 2 aromatic heterocycles. The van der Waals surface area contributed by atoms with Gasteiger partial charge in [0.15, 0.2) is 16.0 Å². The van der Waals surface area contributed by atoms with Crippen molar-refractivity contribution in [3.05, 3.63) is 35.4 Å². The van der Waals surface area contributed by atoms with Crippen molar-refractivity contribution >= 4 is 29.2 Å². The largest absolute Gasteiger partial charge is 0.248 e. The summed E-state index contributed by atoms with van der Waals surface area (Å²) in [5, 5.41) is 11.5. The minimum absolute atomic E-state index is 0.167. The first-order chi connectivity index (χ1) is 14.1. The molecule has 1 fully saturated rings. The second-order valence-electron chi connectivity index (χ2n) is 8.72. The van der Waals surface area contributed by atoms with Crippen LogP contribution in [0.2, 0.25) is 0 Å². The molecule has 6 heteroatoms. The number of aromatic nitrogens is 4. The minimum atomic E-state index is 0.167. The van der Waals surface area contributed by atoms with Gasteiger partial charge >= 0.3 is 0 Å². The molecule has 2 aliphatic rings. The molecule has 0 bridgehead atoms. The Kier molecular flexibility index (Phi) is 5.11. The number of benzene rings is 1. The first-order valence-electron chi connectivity index (χ1n) is 10.8. The zero-order valence-electron chi connectivity index (χ0n) is 17.4. The zero-order chi connectivity index (χ0) is 20.0. The molecular formula is C23H28N4S2. The van der Waals surface area contributed by atoms with Gasteiger partial charge in [-0.1, -0.05) is 81.4 Å². The fourth-order valence-electron chi connectivity index (χ4n) is 4.99. The maximum absolute atomic E-state index is 5.28. The van der Waals surface area contributed by atoms with Crippen LogP contribution in [-0.4, -0.2) is 31.1 Å². The van der Waals surface area contributed by atoms with E-state index in [-0.39, 0.29) is 5.41 Å². The Bertz CT molecular complexity index is 1050. The molecule has 0 saturated heterocycles. The quantitative estimate of drug-likeness (QED) is 0.370. The molecule has 0 aliphatic heterocycles. The summed E-state index contributed by atoms with van der Waals surface area (Å²) in [7, 11) is 0. The van der Waals surface area contributed by atoms with E-state index in [9.17, 15) is 0 Å². The number of hydrogen-bond acceptors (Lipinski definition) is 5. The SMILES string of the molecule is CCSc1nc2c(c3nnc(SCC(C)C)n13)C1(CCCC1)Cc1ccccc1-2. The van der Waals surface area contributed by atoms with Crippen LogP contribution in [0.1, 0.15) is 57.6 Å². The second kappa shape index (κ2) is 7.62. The predicted molar refractivity (Wildman–Crippen MR) is 122 cm³/mol. The Morgan fingerprint density at radius 2 is 1.86 bits per heavy atom. The first-order valence-corrected chi connectivity index (χ1v) is 12.7. The van der Waals surface area contributed by atoms with Crippen LogP contribution in [0.25, 0.3) is 16.9 Å². The highest BCUT2D eigenvalue weighted by Gasteiger charge is 2.44. The smallest absolute Gasteiger partial charge is 0.197 e. The van der Waals surface area contributed by atoms with Gasteiger partial charge in [-0.05, 0) is 36.5 Å². The van der Waals surface area contributed by atoms with E-state index in [1.54, 1.807) is 11.8 Å². The van der Waals surface area contributed by atoms with E-state index >= 15 is 0 Å². The Morgan fingerprint density at radius 1 is 1.07 bits per heavy atom. The van der Waals surface area contributed by atoms with Crippen molar-refractivity contribution in [3.8, 4) is 11.3 Å². The van der Waals surface area contributed by atoms with Crippen LogP contribution in [0.3, 0.4) is 0 Å². The molecule has 1 saturated carbocycles. The highest BCUT2D eigenvalue weighted by molar-refractivity contribution is 7.99. The number of nitrogens with zero attached hydrogens (tertiary/aromatic N) is 4. The third kappa shape index (κ3) is 3.19. The van der Waals surface area contributed by atoms with E-state index in [1.165, 1.54) is 42.4 Å². The second-order valence-corrected chi connectivity index (χ2v) is 10.9. The predicted octanol–water partition coefficient (Wildman–Crippen LogP) is 6.02. The van der Waals surface area contributed by atoms with Crippen molar-refractivity contribution in [3.63, 3.8) is 0 Å². The van der Waals surface area contributed by atoms with E-state index in [1.807, 2.05) is 11.8 Å². The molecule has 0 atom stereocenters. The molecule has 3 aromatic rings. The van der Waals surface area contributed by atoms with E-state index in [0.717, 1.165) is 39.6 Å². The zero-order valence-corrected chi connectivity index (χ0v) is 19.1. The molecule has 5 rings (SSSR count). The molecule has 2 aliphatic carbocycles. The molecule has 0 radical (unpaired) electrons. The molecular weight excluding hydrogens is 396 g/mol. The van der Waals surface area contributed by atoms with Crippen molar-refractivity contribution in [1.82, 2.24) is 19.6 Å². The molecule has 2 heterocycles. The van der Waals surface area contributed by atoms with Crippen LogP contribution in [0.4, 0.5) is 0 Å². The molecule has 152 valence electrons. The van der Waals surface area contributed by atoms with Crippen LogP contribution in [0.15, 0.2) is 34.6 Å². The Balaban J connectivity index is 1.79. The highest BCUT2D eigenvalue weighted by Crippen LogP contribution is 2.52. The molecule has 0 unspecified atom stereocenters. The Labute approximate surface area is 181 Å². The molecule has 1 aromatic carbocycles. The third-order valence-electron chi connectivity index (χ3n) is 6.20. The van der Waals surface area contributed by atoms with Gasteiger partial charge in [-0.3, -0.25) is 0 Å². The normalized spacial score (nSPS) is 17.2. The van der Waals surface area contributed by atoms with Gasteiger partial charge in [0, 0.05) is 22.3 Å². The van der Waals surface area contributed by atoms with Crippen LogP contribution in [0.5, 0.6) is 0 Å². The summed E-state index contributed by atoms with van der Waals surface area (Å²) in [4.78, 5) is 5.28. The van der Waals surface area contributed by atoms with Crippen molar-refractivity contribution in [1.29, 1.82) is 0 Å². The Hall–Kier alpha value is -1.53. The topological polar surface area (TPSA) is 43.1 Å². The number of thioether (sulfide) groups is 2. The Morgan fingerprint density at radius 3 is 2.62 bits per heavy atom. The standard InChI is InChI=1S/C23H28N4S2/c1-4-28-21-24-19-17-10-6-5-9-16(17)13-23(11-7-8-12-23)18(19)20-25-26-22(27(20)21)29-14-15(2)3/h5-6,9-10,15H,4,7-8,11-14H2,1-3H3. The minimum Gasteiger partial charge on any atom is -0.248 e. The summed E-state index contributed by atoms with van der Waals surface area (Å²) in [5.41, 5.74) is 6.47. The monoisotopic (exact) mass is 424 g/mol. The lowest BCUT2D eigenvalue weighted by molar-refractivity contribution is 0.431. The van der Waals surface area contributed by atoms with Gasteiger partial charge in [-0.2, -0.15) is 0 Å². The number of hydrogen-bond donors (Lipinski definition) is 0. The van der Waals surface area contributed by atoms with Gasteiger partial charge in [-0.25, -0.2) is 9.38 Å². The lowest BCUT2D eigenvalue weighted by Gasteiger charge is -2.36. The van der Waals surface area contributed by atoms with E-state index in [2.05, 4.69) is 54.5 Å². The van der Waals surface area contributed by atoms with Gasteiger partial charge in [-0.15, -0.1) is 10.2 Å². The van der Waals surface area contributed by atoms with Crippen molar-refractivity contribution in [2.75, 3.05) is 11.5 Å². The van der Waals surface area contributed by atoms with Crippen molar-refractivity contribution in [2.24, 2.45) is 5.92 Å². The molecule has 0 N–H and O–H groups in total. The summed E-state index contributed by atoms with van der Waals surface area (Å²) >= 11 is 3.60. The van der Waals surface area contributed by atoms with Crippen LogP contribution in [-0.2, 0) is 11.8 Å². The van der Waals surface area contributed by atoms with Crippen molar-refractivity contribution < 1.29 is 0 Å². The van der Waals surface area contributed by atoms with E-state index in [4.69, 9.17) is 10.1 Å². The highest BCUT2D eigenvalue weighted by atomic mass is 32.2. The maximum Gasteiger partial charge on any atom is 0.197 e. The van der Waals surface area contributed by atoms with E-state index < -0.39 is 0 Å². The summed E-state index contributed by atoms with van der Waals surface area (Å²) in [5.74, 6) is 2.65. The van der Waals surface area contributed by atoms with Gasteiger partial charge < -0.3 is 0 Å². The van der Waals surface area contributed by atoms with E-state index in [0.29, 0.717) is 5.92 Å². The average Bonchev–Trinajstić information content (AvgIpc) is 3.34. The lowest BCUT2D eigenvalue weighted by Crippen LogP contribution is -2.31. The van der Waals surface area contributed by atoms with Gasteiger partial charge in [0.1, 0.15) is 0 Å². The summed E-state index contributed by atoms with van der Waals surface area (Å²) in [6, 6.07) is 8.85. The van der Waals surface area contributed by atoms with Crippen molar-refractivity contribution in [2.45, 2.75) is 68.6 Å². The van der Waals surface area contributed by atoms with Crippen LogP contribution >= 0.6 is 23.5 Å². The third-order valence-corrected chi connectivity index (χ3v) is 8.38. The fraction of sp³-hybridized carbons (Fsp3) is 0.522.